The fourth-order valence-electron chi connectivity index (χ4n) is 2.85. The summed E-state index contributed by atoms with van der Waals surface area (Å²) >= 11 is 3.22. The highest BCUT2D eigenvalue weighted by atomic mass is 32.1. The van der Waals surface area contributed by atoms with E-state index in [0.717, 1.165) is 31.4 Å². The van der Waals surface area contributed by atoms with Gasteiger partial charge < -0.3 is 4.90 Å². The van der Waals surface area contributed by atoms with Crippen LogP contribution in [0.1, 0.15) is 23.8 Å². The Morgan fingerprint density at radius 1 is 1.26 bits per heavy atom. The van der Waals surface area contributed by atoms with Crippen LogP contribution in [0.4, 0.5) is 9.93 Å². The third-order valence-corrected chi connectivity index (χ3v) is 5.98. The quantitative estimate of drug-likeness (QED) is 0.759. The van der Waals surface area contributed by atoms with Crippen LogP contribution in [-0.4, -0.2) is 34.0 Å². The van der Waals surface area contributed by atoms with E-state index >= 15 is 0 Å². The number of carbonyl (C=O) groups is 1. The summed E-state index contributed by atoms with van der Waals surface area (Å²) in [5.41, 5.74) is 1.08. The molecule has 1 aliphatic heterocycles. The van der Waals surface area contributed by atoms with Gasteiger partial charge >= 0.3 is 6.03 Å². The number of para-hydroxylation sites is 1. The van der Waals surface area contributed by atoms with Gasteiger partial charge in [-0.1, -0.05) is 12.1 Å². The van der Waals surface area contributed by atoms with E-state index in [1.54, 1.807) is 17.5 Å². The zero-order chi connectivity index (χ0) is 15.6. The van der Waals surface area contributed by atoms with Gasteiger partial charge in [0, 0.05) is 30.6 Å². The number of urea groups is 1. The Morgan fingerprint density at radius 3 is 2.83 bits per heavy atom. The third kappa shape index (κ3) is 3.07. The molecule has 1 aliphatic rings. The van der Waals surface area contributed by atoms with Crippen LogP contribution < -0.4 is 5.32 Å². The molecule has 0 atom stereocenters. The van der Waals surface area contributed by atoms with Gasteiger partial charge in [-0.25, -0.2) is 14.8 Å². The van der Waals surface area contributed by atoms with E-state index in [2.05, 4.69) is 28.5 Å². The average Bonchev–Trinajstić information content (AvgIpc) is 3.24. The van der Waals surface area contributed by atoms with Gasteiger partial charge in [-0.3, -0.25) is 5.32 Å². The second-order valence-electron chi connectivity index (χ2n) is 5.55. The zero-order valence-corrected chi connectivity index (χ0v) is 14.1. The summed E-state index contributed by atoms with van der Waals surface area (Å²) < 4.78 is 1.24. The van der Waals surface area contributed by atoms with E-state index < -0.39 is 0 Å². The number of rotatable bonds is 2. The van der Waals surface area contributed by atoms with E-state index in [4.69, 9.17) is 4.98 Å². The van der Waals surface area contributed by atoms with Crippen LogP contribution in [-0.2, 0) is 0 Å². The van der Waals surface area contributed by atoms with Crippen molar-refractivity contribution in [2.24, 2.45) is 0 Å². The summed E-state index contributed by atoms with van der Waals surface area (Å²) in [6, 6.07) is 8.20. The molecule has 0 radical (unpaired) electrons. The van der Waals surface area contributed by atoms with Gasteiger partial charge in [0.25, 0.3) is 0 Å². The van der Waals surface area contributed by atoms with Crippen molar-refractivity contribution < 1.29 is 4.79 Å². The number of likely N-dealkylation sites (tertiary alicyclic amines) is 1. The lowest BCUT2D eigenvalue weighted by molar-refractivity contribution is 0.194. The van der Waals surface area contributed by atoms with Crippen molar-refractivity contribution in [1.29, 1.82) is 0 Å². The second kappa shape index (κ2) is 6.25. The van der Waals surface area contributed by atoms with Crippen molar-refractivity contribution in [3.8, 4) is 0 Å². The number of anilines is 1. The molecule has 2 amide bonds. The molecule has 0 spiro atoms. The Balaban J connectivity index is 1.39. The molecule has 23 heavy (non-hydrogen) atoms. The minimum Gasteiger partial charge on any atom is -0.324 e. The molecule has 1 fully saturated rings. The van der Waals surface area contributed by atoms with Gasteiger partial charge in [-0.2, -0.15) is 0 Å². The molecule has 1 saturated heterocycles. The fraction of sp³-hybridized carbons (Fsp3) is 0.312. The summed E-state index contributed by atoms with van der Waals surface area (Å²) in [5.74, 6) is 0.455. The van der Waals surface area contributed by atoms with Gasteiger partial charge in [0.1, 0.15) is 0 Å². The normalized spacial score (nSPS) is 15.9. The molecule has 0 aliphatic carbocycles. The van der Waals surface area contributed by atoms with Crippen molar-refractivity contribution >= 4 is 44.1 Å². The van der Waals surface area contributed by atoms with Crippen LogP contribution in [0.15, 0.2) is 35.8 Å². The molecule has 3 heterocycles. The Kier molecular flexibility index (Phi) is 3.97. The first-order chi connectivity index (χ1) is 11.3. The lowest BCUT2D eigenvalue weighted by atomic mass is 9.98. The van der Waals surface area contributed by atoms with Gasteiger partial charge in [0.15, 0.2) is 5.13 Å². The van der Waals surface area contributed by atoms with Gasteiger partial charge in [0.05, 0.1) is 15.2 Å². The molecule has 1 aromatic carbocycles. The van der Waals surface area contributed by atoms with E-state index in [9.17, 15) is 4.79 Å². The maximum absolute atomic E-state index is 12.2. The molecule has 0 unspecified atom stereocenters. The molecule has 118 valence electrons. The highest BCUT2D eigenvalue weighted by Crippen LogP contribution is 2.33. The first kappa shape index (κ1) is 14.6. The number of hydrogen-bond acceptors (Lipinski definition) is 5. The summed E-state index contributed by atoms with van der Waals surface area (Å²) in [6.07, 6.45) is 3.62. The van der Waals surface area contributed by atoms with Crippen LogP contribution in [0.25, 0.3) is 10.2 Å². The lowest BCUT2D eigenvalue weighted by Crippen LogP contribution is -2.40. The topological polar surface area (TPSA) is 58.1 Å². The van der Waals surface area contributed by atoms with E-state index in [1.165, 1.54) is 21.0 Å². The summed E-state index contributed by atoms with van der Waals surface area (Å²) in [5, 5.41) is 6.56. The highest BCUT2D eigenvalue weighted by molar-refractivity contribution is 7.18. The van der Waals surface area contributed by atoms with Crippen molar-refractivity contribution in [1.82, 2.24) is 14.9 Å². The molecule has 1 N–H and O–H groups in total. The first-order valence-electron chi connectivity index (χ1n) is 7.60. The third-order valence-electron chi connectivity index (χ3n) is 4.09. The largest absolute Gasteiger partial charge is 0.324 e. The van der Waals surface area contributed by atoms with Crippen LogP contribution in [0.2, 0.25) is 0 Å². The maximum Gasteiger partial charge on any atom is 0.323 e. The molecule has 0 saturated carbocycles. The number of nitrogens with zero attached hydrogens (tertiary/aromatic N) is 3. The highest BCUT2D eigenvalue weighted by Gasteiger charge is 2.26. The number of carbonyl (C=O) groups excluding carboxylic acids is 1. The summed E-state index contributed by atoms with van der Waals surface area (Å²) in [7, 11) is 0. The minimum absolute atomic E-state index is 0.0531. The van der Waals surface area contributed by atoms with Crippen molar-refractivity contribution in [2.75, 3.05) is 18.4 Å². The van der Waals surface area contributed by atoms with Crippen molar-refractivity contribution in [3.05, 3.63) is 40.8 Å². The summed E-state index contributed by atoms with van der Waals surface area (Å²) in [6.45, 7) is 1.52. The molecular formula is C16H16N4OS2. The van der Waals surface area contributed by atoms with Crippen LogP contribution in [0, 0.1) is 0 Å². The van der Waals surface area contributed by atoms with E-state index in [-0.39, 0.29) is 6.03 Å². The molecular weight excluding hydrogens is 328 g/mol. The van der Waals surface area contributed by atoms with Gasteiger partial charge in [-0.15, -0.1) is 22.7 Å². The Labute approximate surface area is 142 Å². The summed E-state index contributed by atoms with van der Waals surface area (Å²) in [4.78, 5) is 22.9. The standard InChI is InChI=1S/C16H16N4OS2/c21-16(19-15-17-7-10-22-15)20-8-5-11(6-9-20)14-18-12-3-1-2-4-13(12)23-14/h1-4,7,10-11H,5-6,8-9H2,(H,17,19,21). The molecule has 5 nitrogen and oxygen atoms in total. The molecule has 2 aromatic heterocycles. The lowest BCUT2D eigenvalue weighted by Gasteiger charge is -2.30. The number of piperidine rings is 1. The van der Waals surface area contributed by atoms with Crippen molar-refractivity contribution in [2.45, 2.75) is 18.8 Å². The molecule has 4 rings (SSSR count). The van der Waals surface area contributed by atoms with E-state index in [0.29, 0.717) is 11.0 Å². The van der Waals surface area contributed by atoms with Crippen LogP contribution in [0.5, 0.6) is 0 Å². The van der Waals surface area contributed by atoms with E-state index in [1.807, 2.05) is 16.3 Å². The predicted molar refractivity (Wildman–Crippen MR) is 94.3 cm³/mol. The fourth-order valence-corrected chi connectivity index (χ4v) is 4.50. The number of thiazole rings is 2. The Morgan fingerprint density at radius 2 is 2.09 bits per heavy atom. The first-order valence-corrected chi connectivity index (χ1v) is 9.30. The SMILES string of the molecule is O=C(Nc1nccs1)N1CCC(c2nc3ccccc3s2)CC1. The second-order valence-corrected chi connectivity index (χ2v) is 7.51. The maximum atomic E-state index is 12.2. The average molecular weight is 344 g/mol. The number of fused-ring (bicyclic) bond motifs is 1. The van der Waals surface area contributed by atoms with Crippen LogP contribution in [0.3, 0.4) is 0 Å². The Bertz CT molecular complexity index is 773. The number of amides is 2. The molecule has 3 aromatic rings. The number of benzene rings is 1. The Hall–Kier alpha value is -1.99. The number of hydrogen-bond donors (Lipinski definition) is 1. The van der Waals surface area contributed by atoms with Crippen LogP contribution >= 0.6 is 22.7 Å². The number of aromatic nitrogens is 2. The predicted octanol–water partition coefficient (Wildman–Crippen LogP) is 4.16. The number of nitrogens with one attached hydrogen (secondary N) is 1. The molecule has 0 bridgehead atoms. The minimum atomic E-state index is -0.0531. The smallest absolute Gasteiger partial charge is 0.323 e. The van der Waals surface area contributed by atoms with Gasteiger partial charge in [0.2, 0.25) is 0 Å². The zero-order valence-electron chi connectivity index (χ0n) is 12.4. The van der Waals surface area contributed by atoms with Gasteiger partial charge in [-0.05, 0) is 25.0 Å². The molecule has 7 heteroatoms. The monoisotopic (exact) mass is 344 g/mol. The van der Waals surface area contributed by atoms with Crippen molar-refractivity contribution in [3.63, 3.8) is 0 Å².